The first-order chi connectivity index (χ1) is 4.95. The summed E-state index contributed by atoms with van der Waals surface area (Å²) < 4.78 is 0. The summed E-state index contributed by atoms with van der Waals surface area (Å²) in [6.45, 7) is 9.58. The van der Waals surface area contributed by atoms with Gasteiger partial charge < -0.3 is 10.8 Å². The summed E-state index contributed by atoms with van der Waals surface area (Å²) in [7, 11) is 0. The van der Waals surface area contributed by atoms with E-state index in [0.29, 0.717) is 6.42 Å². The van der Waals surface area contributed by atoms with Crippen molar-refractivity contribution in [2.45, 2.75) is 39.3 Å². The molecule has 2 unspecified atom stereocenters. The summed E-state index contributed by atoms with van der Waals surface area (Å²) in [5.41, 5.74) is 6.63. The van der Waals surface area contributed by atoms with Gasteiger partial charge in [-0.15, -0.1) is 0 Å². The Labute approximate surface area is 69.1 Å². The highest BCUT2D eigenvalue weighted by Gasteiger charge is 2.13. The van der Waals surface area contributed by atoms with Crippen molar-refractivity contribution < 1.29 is 5.11 Å². The average Bonchev–Trinajstić information content (AvgIpc) is 1.87. The van der Waals surface area contributed by atoms with E-state index in [9.17, 15) is 5.11 Å². The number of aliphatic hydroxyl groups is 1. The maximum Gasteiger partial charge on any atom is 0.0581 e. The Morgan fingerprint density at radius 2 is 2.00 bits per heavy atom. The van der Waals surface area contributed by atoms with Crippen molar-refractivity contribution in [2.24, 2.45) is 11.7 Å². The number of nitrogens with two attached hydrogens (primary N) is 1. The third kappa shape index (κ3) is 4.17. The molecule has 0 spiro atoms. The molecule has 11 heavy (non-hydrogen) atoms. The minimum atomic E-state index is -0.304. The van der Waals surface area contributed by atoms with E-state index in [4.69, 9.17) is 5.73 Å². The molecule has 0 saturated carbocycles. The lowest BCUT2D eigenvalue weighted by atomic mass is 9.97. The minimum absolute atomic E-state index is 0.0626. The second-order valence-corrected chi connectivity index (χ2v) is 3.50. The summed E-state index contributed by atoms with van der Waals surface area (Å²) in [4.78, 5) is 0. The van der Waals surface area contributed by atoms with Gasteiger partial charge in [0.15, 0.2) is 0 Å². The molecule has 0 amide bonds. The smallest absolute Gasteiger partial charge is 0.0581 e. The van der Waals surface area contributed by atoms with E-state index in [1.54, 1.807) is 0 Å². The van der Waals surface area contributed by atoms with Gasteiger partial charge in [-0.25, -0.2) is 0 Å². The van der Waals surface area contributed by atoms with E-state index in [-0.39, 0.29) is 18.1 Å². The van der Waals surface area contributed by atoms with E-state index in [0.717, 1.165) is 5.57 Å². The van der Waals surface area contributed by atoms with Crippen LogP contribution in [0.5, 0.6) is 0 Å². The number of hydrogen-bond acceptors (Lipinski definition) is 2. The first-order valence-corrected chi connectivity index (χ1v) is 4.04. The SMILES string of the molecule is C=C(C)C(N)CC(O)C(C)C. The van der Waals surface area contributed by atoms with Gasteiger partial charge in [0.1, 0.15) is 0 Å². The van der Waals surface area contributed by atoms with Crippen molar-refractivity contribution >= 4 is 0 Å². The highest BCUT2D eigenvalue weighted by Crippen LogP contribution is 2.10. The Hall–Kier alpha value is -0.340. The Morgan fingerprint density at radius 3 is 2.27 bits per heavy atom. The summed E-state index contributed by atoms with van der Waals surface area (Å²) in [5, 5.41) is 9.42. The van der Waals surface area contributed by atoms with Crippen molar-refractivity contribution in [2.75, 3.05) is 0 Å². The molecule has 0 saturated heterocycles. The predicted molar refractivity (Wildman–Crippen MR) is 48.3 cm³/mol. The number of aliphatic hydroxyl groups excluding tert-OH is 1. The highest BCUT2D eigenvalue weighted by molar-refractivity contribution is 5.00. The molecule has 0 aromatic heterocycles. The van der Waals surface area contributed by atoms with Gasteiger partial charge in [0, 0.05) is 6.04 Å². The number of hydrogen-bond donors (Lipinski definition) is 2. The van der Waals surface area contributed by atoms with Crippen LogP contribution in [0.2, 0.25) is 0 Å². The van der Waals surface area contributed by atoms with Gasteiger partial charge in [-0.1, -0.05) is 26.0 Å². The second-order valence-electron chi connectivity index (χ2n) is 3.50. The second kappa shape index (κ2) is 4.52. The zero-order valence-electron chi connectivity index (χ0n) is 7.67. The summed E-state index contributed by atoms with van der Waals surface area (Å²) >= 11 is 0. The van der Waals surface area contributed by atoms with Crippen LogP contribution in [0.3, 0.4) is 0 Å². The molecule has 0 bridgehead atoms. The fourth-order valence-corrected chi connectivity index (χ4v) is 0.734. The normalized spacial score (nSPS) is 16.5. The molecule has 0 aromatic rings. The Bertz CT molecular complexity index is 132. The van der Waals surface area contributed by atoms with E-state index < -0.39 is 0 Å². The maximum absolute atomic E-state index is 9.42. The third-order valence-corrected chi connectivity index (χ3v) is 1.90. The van der Waals surface area contributed by atoms with E-state index in [2.05, 4.69) is 6.58 Å². The van der Waals surface area contributed by atoms with Crippen LogP contribution in [0.1, 0.15) is 27.2 Å². The van der Waals surface area contributed by atoms with Crippen molar-refractivity contribution in [3.05, 3.63) is 12.2 Å². The molecule has 0 aliphatic heterocycles. The highest BCUT2D eigenvalue weighted by atomic mass is 16.3. The van der Waals surface area contributed by atoms with Crippen molar-refractivity contribution in [1.29, 1.82) is 0 Å². The van der Waals surface area contributed by atoms with Crippen LogP contribution < -0.4 is 5.73 Å². The van der Waals surface area contributed by atoms with Crippen LogP contribution in [0.15, 0.2) is 12.2 Å². The molecule has 0 aromatic carbocycles. The van der Waals surface area contributed by atoms with Crippen molar-refractivity contribution in [1.82, 2.24) is 0 Å². The van der Waals surface area contributed by atoms with Crippen LogP contribution in [0.25, 0.3) is 0 Å². The predicted octanol–water partition coefficient (Wildman–Crippen LogP) is 1.30. The largest absolute Gasteiger partial charge is 0.393 e. The molecule has 2 heteroatoms. The monoisotopic (exact) mass is 157 g/mol. The molecule has 0 radical (unpaired) electrons. The Balaban J connectivity index is 3.75. The molecule has 0 heterocycles. The van der Waals surface area contributed by atoms with Crippen molar-refractivity contribution in [3.63, 3.8) is 0 Å². The van der Waals surface area contributed by atoms with Crippen LogP contribution in [-0.4, -0.2) is 17.3 Å². The van der Waals surface area contributed by atoms with Gasteiger partial charge in [-0.3, -0.25) is 0 Å². The van der Waals surface area contributed by atoms with Gasteiger partial charge >= 0.3 is 0 Å². The Morgan fingerprint density at radius 1 is 1.55 bits per heavy atom. The lowest BCUT2D eigenvalue weighted by Crippen LogP contribution is -2.29. The van der Waals surface area contributed by atoms with E-state index in [1.807, 2.05) is 20.8 Å². The molecular weight excluding hydrogens is 138 g/mol. The summed E-state index contributed by atoms with van der Waals surface area (Å²) in [6, 6.07) is -0.0626. The fourth-order valence-electron chi connectivity index (χ4n) is 0.734. The first kappa shape index (κ1) is 10.7. The lowest BCUT2D eigenvalue weighted by molar-refractivity contribution is 0.112. The van der Waals surface area contributed by atoms with Gasteiger partial charge in [0.25, 0.3) is 0 Å². The summed E-state index contributed by atoms with van der Waals surface area (Å²) in [6.07, 6.45) is 0.314. The zero-order valence-corrected chi connectivity index (χ0v) is 7.67. The molecule has 66 valence electrons. The molecule has 0 rings (SSSR count). The third-order valence-electron chi connectivity index (χ3n) is 1.90. The lowest BCUT2D eigenvalue weighted by Gasteiger charge is -2.19. The van der Waals surface area contributed by atoms with Crippen molar-refractivity contribution in [3.8, 4) is 0 Å². The first-order valence-electron chi connectivity index (χ1n) is 4.04. The molecule has 2 atom stereocenters. The van der Waals surface area contributed by atoms with Crippen LogP contribution in [-0.2, 0) is 0 Å². The van der Waals surface area contributed by atoms with E-state index in [1.165, 1.54) is 0 Å². The average molecular weight is 157 g/mol. The zero-order chi connectivity index (χ0) is 9.02. The van der Waals surface area contributed by atoms with Crippen LogP contribution in [0, 0.1) is 5.92 Å². The van der Waals surface area contributed by atoms with Gasteiger partial charge in [-0.05, 0) is 19.3 Å². The van der Waals surface area contributed by atoms with Crippen LogP contribution >= 0.6 is 0 Å². The molecule has 2 nitrogen and oxygen atoms in total. The summed E-state index contributed by atoms with van der Waals surface area (Å²) in [5.74, 6) is 0.278. The Kier molecular flexibility index (Phi) is 4.38. The molecule has 3 N–H and O–H groups in total. The topological polar surface area (TPSA) is 46.2 Å². The van der Waals surface area contributed by atoms with Gasteiger partial charge in [0.2, 0.25) is 0 Å². The maximum atomic E-state index is 9.42. The molecule has 0 aliphatic carbocycles. The number of rotatable bonds is 4. The standard InChI is InChI=1S/C9H19NO/c1-6(2)8(10)5-9(11)7(3)4/h7-9,11H,1,5,10H2,2-4H3. The molecule has 0 fully saturated rings. The molecule has 0 aliphatic rings. The van der Waals surface area contributed by atoms with Crippen LogP contribution in [0.4, 0.5) is 0 Å². The quantitative estimate of drug-likeness (QED) is 0.604. The van der Waals surface area contributed by atoms with Gasteiger partial charge in [0.05, 0.1) is 6.10 Å². The van der Waals surface area contributed by atoms with Gasteiger partial charge in [-0.2, -0.15) is 0 Å². The van der Waals surface area contributed by atoms with E-state index >= 15 is 0 Å². The fraction of sp³-hybridized carbons (Fsp3) is 0.778. The molecular formula is C9H19NO. The minimum Gasteiger partial charge on any atom is -0.393 e.